The van der Waals surface area contributed by atoms with Crippen molar-refractivity contribution in [1.82, 2.24) is 14.1 Å². The highest BCUT2D eigenvalue weighted by Gasteiger charge is 2.37. The highest BCUT2D eigenvalue weighted by atomic mass is 79.9. The van der Waals surface area contributed by atoms with Gasteiger partial charge in [-0.2, -0.15) is 9.40 Å². The first kappa shape index (κ1) is 15.7. The summed E-state index contributed by atoms with van der Waals surface area (Å²) in [5.74, 6) is 0. The van der Waals surface area contributed by atoms with Crippen LogP contribution in [0.15, 0.2) is 40.0 Å². The molecule has 0 N–H and O–H groups in total. The Bertz CT molecular complexity index is 801. The van der Waals surface area contributed by atoms with Crippen molar-refractivity contribution < 1.29 is 8.42 Å². The SMILES string of the molecule is Cc1c(Br)cccc1S(=O)(=O)N1CCCC1c1cnn(C)c1. The minimum atomic E-state index is -3.51. The smallest absolute Gasteiger partial charge is 0.243 e. The number of hydrogen-bond donors (Lipinski definition) is 0. The van der Waals surface area contributed by atoms with Crippen molar-refractivity contribution in [3.8, 4) is 0 Å². The van der Waals surface area contributed by atoms with Crippen molar-refractivity contribution in [2.75, 3.05) is 6.54 Å². The third-order valence-corrected chi connectivity index (χ3v) is 7.03. The van der Waals surface area contributed by atoms with Gasteiger partial charge in [0.1, 0.15) is 0 Å². The van der Waals surface area contributed by atoms with Crippen molar-refractivity contribution in [3.05, 3.63) is 46.2 Å². The van der Waals surface area contributed by atoms with E-state index < -0.39 is 10.0 Å². The standard InChI is InChI=1S/C15H18BrN3O2S/c1-11-13(16)5-3-7-15(11)22(20,21)19-8-4-6-14(19)12-9-17-18(2)10-12/h3,5,7,9-10,14H,4,6,8H2,1-2H3. The lowest BCUT2D eigenvalue weighted by Crippen LogP contribution is -2.31. The van der Waals surface area contributed by atoms with Crippen LogP contribution in [0.25, 0.3) is 0 Å². The first-order valence-corrected chi connectivity index (χ1v) is 9.40. The number of nitrogens with zero attached hydrogens (tertiary/aromatic N) is 3. The van der Waals surface area contributed by atoms with E-state index in [4.69, 9.17) is 0 Å². The van der Waals surface area contributed by atoms with Crippen LogP contribution in [-0.2, 0) is 17.1 Å². The Morgan fingerprint density at radius 1 is 1.36 bits per heavy atom. The maximum absolute atomic E-state index is 13.1. The lowest BCUT2D eigenvalue weighted by atomic mass is 10.1. The number of aromatic nitrogens is 2. The van der Waals surface area contributed by atoms with Gasteiger partial charge in [0.2, 0.25) is 10.0 Å². The summed E-state index contributed by atoms with van der Waals surface area (Å²) in [7, 11) is -1.67. The highest BCUT2D eigenvalue weighted by Crippen LogP contribution is 2.37. The van der Waals surface area contributed by atoms with Crippen LogP contribution in [0.1, 0.15) is 30.0 Å². The predicted molar refractivity (Wildman–Crippen MR) is 88.0 cm³/mol. The lowest BCUT2D eigenvalue weighted by Gasteiger charge is -2.24. The van der Waals surface area contributed by atoms with Gasteiger partial charge in [0, 0.05) is 29.8 Å². The van der Waals surface area contributed by atoms with Crippen LogP contribution < -0.4 is 0 Å². The van der Waals surface area contributed by atoms with Crippen LogP contribution in [0.5, 0.6) is 0 Å². The molecular formula is C15H18BrN3O2S. The molecule has 118 valence electrons. The Morgan fingerprint density at radius 3 is 2.82 bits per heavy atom. The molecule has 1 unspecified atom stereocenters. The number of hydrogen-bond acceptors (Lipinski definition) is 3. The van der Waals surface area contributed by atoms with Crippen molar-refractivity contribution in [3.63, 3.8) is 0 Å². The molecule has 2 heterocycles. The number of halogens is 1. The second-order valence-corrected chi connectivity index (χ2v) is 8.30. The summed E-state index contributed by atoms with van der Waals surface area (Å²) in [4.78, 5) is 0.373. The molecule has 5 nitrogen and oxygen atoms in total. The molecule has 0 spiro atoms. The van der Waals surface area contributed by atoms with Gasteiger partial charge in [-0.25, -0.2) is 8.42 Å². The van der Waals surface area contributed by atoms with E-state index in [0.717, 1.165) is 28.4 Å². The Balaban J connectivity index is 2.02. The van der Waals surface area contributed by atoms with Crippen LogP contribution in [0.2, 0.25) is 0 Å². The largest absolute Gasteiger partial charge is 0.275 e. The normalized spacial score (nSPS) is 19.7. The molecule has 1 aliphatic rings. The van der Waals surface area contributed by atoms with Gasteiger partial charge in [-0.3, -0.25) is 4.68 Å². The van der Waals surface area contributed by atoms with Crippen molar-refractivity contribution >= 4 is 26.0 Å². The van der Waals surface area contributed by atoms with E-state index in [2.05, 4.69) is 21.0 Å². The fraction of sp³-hybridized carbons (Fsp3) is 0.400. The second-order valence-electron chi connectivity index (χ2n) is 5.58. The molecule has 1 atom stereocenters. The maximum Gasteiger partial charge on any atom is 0.243 e. The van der Waals surface area contributed by atoms with Gasteiger partial charge in [0.15, 0.2) is 0 Å². The van der Waals surface area contributed by atoms with E-state index in [-0.39, 0.29) is 6.04 Å². The average molecular weight is 384 g/mol. The molecule has 1 aromatic heterocycles. The van der Waals surface area contributed by atoms with E-state index in [1.54, 1.807) is 27.3 Å². The molecular weight excluding hydrogens is 366 g/mol. The molecule has 0 saturated carbocycles. The molecule has 3 rings (SSSR count). The molecule has 1 aromatic carbocycles. The lowest BCUT2D eigenvalue weighted by molar-refractivity contribution is 0.396. The third kappa shape index (κ3) is 2.61. The van der Waals surface area contributed by atoms with E-state index >= 15 is 0 Å². The van der Waals surface area contributed by atoms with Crippen LogP contribution in [0.4, 0.5) is 0 Å². The summed E-state index contributed by atoms with van der Waals surface area (Å²) in [5, 5.41) is 4.17. The Morgan fingerprint density at radius 2 is 2.14 bits per heavy atom. The van der Waals surface area contributed by atoms with E-state index in [1.165, 1.54) is 0 Å². The summed E-state index contributed by atoms with van der Waals surface area (Å²) in [5.41, 5.74) is 1.70. The van der Waals surface area contributed by atoms with E-state index in [0.29, 0.717) is 11.4 Å². The van der Waals surface area contributed by atoms with Crippen molar-refractivity contribution in [2.45, 2.75) is 30.7 Å². The fourth-order valence-electron chi connectivity index (χ4n) is 2.97. The van der Waals surface area contributed by atoms with Gasteiger partial charge in [0.25, 0.3) is 0 Å². The zero-order valence-corrected chi connectivity index (χ0v) is 14.9. The minimum Gasteiger partial charge on any atom is -0.275 e. The third-order valence-electron chi connectivity index (χ3n) is 4.12. The Hall–Kier alpha value is -1.18. The average Bonchev–Trinajstić information content (AvgIpc) is 3.10. The van der Waals surface area contributed by atoms with Gasteiger partial charge in [-0.15, -0.1) is 0 Å². The predicted octanol–water partition coefficient (Wildman–Crippen LogP) is 3.02. The Labute approximate surface area is 139 Å². The van der Waals surface area contributed by atoms with Crippen LogP contribution in [0.3, 0.4) is 0 Å². The highest BCUT2D eigenvalue weighted by molar-refractivity contribution is 9.10. The van der Waals surface area contributed by atoms with E-state index in [9.17, 15) is 8.42 Å². The molecule has 1 fully saturated rings. The Kier molecular flexibility index (Phi) is 4.13. The fourth-order valence-corrected chi connectivity index (χ4v) is 5.40. The zero-order chi connectivity index (χ0) is 15.9. The van der Waals surface area contributed by atoms with Gasteiger partial charge >= 0.3 is 0 Å². The molecule has 0 bridgehead atoms. The van der Waals surface area contributed by atoms with E-state index in [1.807, 2.05) is 26.2 Å². The van der Waals surface area contributed by atoms with Crippen LogP contribution in [0, 0.1) is 6.92 Å². The quantitative estimate of drug-likeness (QED) is 0.818. The van der Waals surface area contributed by atoms with Gasteiger partial charge in [0.05, 0.1) is 17.1 Å². The molecule has 0 radical (unpaired) electrons. The summed E-state index contributed by atoms with van der Waals surface area (Å²) in [6.07, 6.45) is 5.35. The summed E-state index contributed by atoms with van der Waals surface area (Å²) in [6.45, 7) is 2.37. The number of sulfonamides is 1. The monoisotopic (exact) mass is 383 g/mol. The number of rotatable bonds is 3. The first-order chi connectivity index (χ1) is 10.4. The van der Waals surface area contributed by atoms with Gasteiger partial charge in [-0.1, -0.05) is 22.0 Å². The summed E-state index contributed by atoms with van der Waals surface area (Å²) < 4.78 is 30.3. The van der Waals surface area contributed by atoms with Gasteiger partial charge in [-0.05, 0) is 37.5 Å². The van der Waals surface area contributed by atoms with Gasteiger partial charge < -0.3 is 0 Å². The molecule has 1 saturated heterocycles. The molecule has 2 aromatic rings. The number of aryl methyl sites for hydroxylation is 1. The molecule has 1 aliphatic heterocycles. The topological polar surface area (TPSA) is 55.2 Å². The zero-order valence-electron chi connectivity index (χ0n) is 12.5. The second kappa shape index (κ2) is 5.79. The van der Waals surface area contributed by atoms with Crippen LogP contribution >= 0.6 is 15.9 Å². The summed E-state index contributed by atoms with van der Waals surface area (Å²) in [6, 6.07) is 5.17. The maximum atomic E-state index is 13.1. The summed E-state index contributed by atoms with van der Waals surface area (Å²) >= 11 is 3.41. The first-order valence-electron chi connectivity index (χ1n) is 7.17. The molecule has 0 amide bonds. The molecule has 0 aliphatic carbocycles. The minimum absolute atomic E-state index is 0.128. The molecule has 22 heavy (non-hydrogen) atoms. The number of benzene rings is 1. The van der Waals surface area contributed by atoms with Crippen LogP contribution in [-0.4, -0.2) is 29.0 Å². The molecule has 7 heteroatoms. The van der Waals surface area contributed by atoms with Crippen molar-refractivity contribution in [1.29, 1.82) is 0 Å². The van der Waals surface area contributed by atoms with Crippen molar-refractivity contribution in [2.24, 2.45) is 7.05 Å².